The Balaban J connectivity index is 1.93. The number of aliphatic hydroxyl groups excluding tert-OH is 1. The summed E-state index contributed by atoms with van der Waals surface area (Å²) in [5, 5.41) is 12.5. The third-order valence-electron chi connectivity index (χ3n) is 4.07. The molecule has 2 rings (SSSR count). The van der Waals surface area contributed by atoms with Crippen molar-refractivity contribution < 1.29 is 9.84 Å². The number of nitrogens with one attached hydrogen (secondary N) is 1. The lowest BCUT2D eigenvalue weighted by Crippen LogP contribution is -2.41. The SMILES string of the molecule is CCC1(C)CC(Nc2ccc(CCO)cc2)CCO1. The first kappa shape index (κ1) is 14.4. The van der Waals surface area contributed by atoms with Crippen LogP contribution >= 0.6 is 0 Å². The van der Waals surface area contributed by atoms with Gasteiger partial charge in [0.05, 0.1) is 5.60 Å². The summed E-state index contributed by atoms with van der Waals surface area (Å²) in [6.07, 6.45) is 3.90. The Hall–Kier alpha value is -1.06. The van der Waals surface area contributed by atoms with Gasteiger partial charge in [-0.15, -0.1) is 0 Å². The van der Waals surface area contributed by atoms with Crippen molar-refractivity contribution in [1.82, 2.24) is 0 Å². The highest BCUT2D eigenvalue weighted by atomic mass is 16.5. The first-order valence-corrected chi connectivity index (χ1v) is 7.25. The van der Waals surface area contributed by atoms with E-state index in [0.717, 1.165) is 38.0 Å². The van der Waals surface area contributed by atoms with Gasteiger partial charge in [0.15, 0.2) is 0 Å². The highest BCUT2D eigenvalue weighted by molar-refractivity contribution is 5.45. The minimum Gasteiger partial charge on any atom is -0.396 e. The number of hydrogen-bond acceptors (Lipinski definition) is 3. The molecular formula is C16H25NO2. The zero-order valence-electron chi connectivity index (χ0n) is 12.0. The highest BCUT2D eigenvalue weighted by Gasteiger charge is 2.31. The molecule has 2 N–H and O–H groups in total. The number of benzene rings is 1. The van der Waals surface area contributed by atoms with Crippen LogP contribution in [0.3, 0.4) is 0 Å². The minimum absolute atomic E-state index is 0.0206. The first-order chi connectivity index (χ1) is 9.15. The Kier molecular flexibility index (Phi) is 4.83. The van der Waals surface area contributed by atoms with E-state index in [1.807, 2.05) is 0 Å². The maximum Gasteiger partial charge on any atom is 0.0671 e. The number of aliphatic hydroxyl groups is 1. The van der Waals surface area contributed by atoms with E-state index in [2.05, 4.69) is 43.4 Å². The first-order valence-electron chi connectivity index (χ1n) is 7.25. The molecule has 1 aliphatic heterocycles. The van der Waals surface area contributed by atoms with E-state index in [-0.39, 0.29) is 12.2 Å². The van der Waals surface area contributed by atoms with Gasteiger partial charge in [0, 0.05) is 24.9 Å². The summed E-state index contributed by atoms with van der Waals surface area (Å²) in [6.45, 7) is 5.43. The average molecular weight is 263 g/mol. The lowest BCUT2D eigenvalue weighted by molar-refractivity contribution is -0.0708. The summed E-state index contributed by atoms with van der Waals surface area (Å²) in [5.41, 5.74) is 2.36. The van der Waals surface area contributed by atoms with E-state index in [1.165, 1.54) is 5.56 Å². The molecule has 1 heterocycles. The van der Waals surface area contributed by atoms with Crippen molar-refractivity contribution in [3.63, 3.8) is 0 Å². The Morgan fingerprint density at radius 3 is 2.74 bits per heavy atom. The standard InChI is InChI=1S/C16H25NO2/c1-3-16(2)12-15(9-11-19-16)17-14-6-4-13(5-7-14)8-10-18/h4-7,15,17-18H,3,8-12H2,1-2H3. The fourth-order valence-corrected chi connectivity index (χ4v) is 2.63. The van der Waals surface area contributed by atoms with Crippen molar-refractivity contribution in [2.24, 2.45) is 0 Å². The van der Waals surface area contributed by atoms with E-state index in [4.69, 9.17) is 9.84 Å². The van der Waals surface area contributed by atoms with E-state index in [9.17, 15) is 0 Å². The minimum atomic E-state index is 0.0206. The summed E-state index contributed by atoms with van der Waals surface area (Å²) in [7, 11) is 0. The molecule has 19 heavy (non-hydrogen) atoms. The van der Waals surface area contributed by atoms with Gasteiger partial charge in [0.2, 0.25) is 0 Å². The summed E-state index contributed by atoms with van der Waals surface area (Å²) >= 11 is 0. The number of ether oxygens (including phenoxy) is 1. The van der Waals surface area contributed by atoms with E-state index < -0.39 is 0 Å². The van der Waals surface area contributed by atoms with Crippen molar-refractivity contribution in [3.8, 4) is 0 Å². The summed E-state index contributed by atoms with van der Waals surface area (Å²) in [5.74, 6) is 0. The molecule has 0 spiro atoms. The number of hydrogen-bond donors (Lipinski definition) is 2. The molecule has 1 fully saturated rings. The molecule has 0 bridgehead atoms. The van der Waals surface area contributed by atoms with Crippen LogP contribution < -0.4 is 5.32 Å². The molecule has 0 amide bonds. The third-order valence-corrected chi connectivity index (χ3v) is 4.07. The fourth-order valence-electron chi connectivity index (χ4n) is 2.63. The maximum absolute atomic E-state index is 8.91. The second-order valence-corrected chi connectivity index (χ2v) is 5.66. The summed E-state index contributed by atoms with van der Waals surface area (Å²) in [6, 6.07) is 8.85. The second kappa shape index (κ2) is 6.40. The number of anilines is 1. The van der Waals surface area contributed by atoms with Crippen LogP contribution in [0.25, 0.3) is 0 Å². The fraction of sp³-hybridized carbons (Fsp3) is 0.625. The number of rotatable bonds is 5. The van der Waals surface area contributed by atoms with Gasteiger partial charge in [-0.3, -0.25) is 0 Å². The van der Waals surface area contributed by atoms with Gasteiger partial charge in [-0.1, -0.05) is 19.1 Å². The topological polar surface area (TPSA) is 41.5 Å². The molecule has 1 saturated heterocycles. The van der Waals surface area contributed by atoms with Crippen LogP contribution in [0.1, 0.15) is 38.7 Å². The second-order valence-electron chi connectivity index (χ2n) is 5.66. The van der Waals surface area contributed by atoms with Crippen LogP contribution in [0.5, 0.6) is 0 Å². The van der Waals surface area contributed by atoms with E-state index in [0.29, 0.717) is 6.04 Å². The molecule has 0 aromatic heterocycles. The van der Waals surface area contributed by atoms with Crippen molar-refractivity contribution >= 4 is 5.69 Å². The van der Waals surface area contributed by atoms with Gasteiger partial charge < -0.3 is 15.2 Å². The van der Waals surface area contributed by atoms with Crippen LogP contribution in [-0.4, -0.2) is 30.0 Å². The third kappa shape index (κ3) is 3.95. The van der Waals surface area contributed by atoms with E-state index >= 15 is 0 Å². The lowest BCUT2D eigenvalue weighted by Gasteiger charge is -2.38. The van der Waals surface area contributed by atoms with Gasteiger partial charge in [-0.25, -0.2) is 0 Å². The van der Waals surface area contributed by atoms with Crippen molar-refractivity contribution in [1.29, 1.82) is 0 Å². The molecule has 0 radical (unpaired) electrons. The van der Waals surface area contributed by atoms with Crippen molar-refractivity contribution in [3.05, 3.63) is 29.8 Å². The molecule has 0 aliphatic carbocycles. The Labute approximate surface area is 116 Å². The summed E-state index contributed by atoms with van der Waals surface area (Å²) in [4.78, 5) is 0. The molecule has 2 unspecified atom stereocenters. The molecule has 0 saturated carbocycles. The Morgan fingerprint density at radius 1 is 1.37 bits per heavy atom. The van der Waals surface area contributed by atoms with Crippen LogP contribution in [0, 0.1) is 0 Å². The zero-order chi connectivity index (χ0) is 13.7. The van der Waals surface area contributed by atoms with E-state index in [1.54, 1.807) is 0 Å². The molecular weight excluding hydrogens is 238 g/mol. The molecule has 1 aromatic rings. The van der Waals surface area contributed by atoms with Gasteiger partial charge in [-0.2, -0.15) is 0 Å². The largest absolute Gasteiger partial charge is 0.396 e. The zero-order valence-corrected chi connectivity index (χ0v) is 12.0. The highest BCUT2D eigenvalue weighted by Crippen LogP contribution is 2.29. The molecule has 1 aromatic carbocycles. The molecule has 106 valence electrons. The van der Waals surface area contributed by atoms with Gasteiger partial charge in [0.25, 0.3) is 0 Å². The van der Waals surface area contributed by atoms with Gasteiger partial charge in [-0.05, 0) is 50.3 Å². The quantitative estimate of drug-likeness (QED) is 0.858. The molecule has 3 nitrogen and oxygen atoms in total. The predicted octanol–water partition coefficient (Wildman–Crippen LogP) is 2.98. The summed E-state index contributed by atoms with van der Waals surface area (Å²) < 4.78 is 5.87. The van der Waals surface area contributed by atoms with Crippen LogP contribution in [0.2, 0.25) is 0 Å². The lowest BCUT2D eigenvalue weighted by atomic mass is 9.90. The maximum atomic E-state index is 8.91. The molecule has 3 heteroatoms. The molecule has 1 aliphatic rings. The van der Waals surface area contributed by atoms with Crippen LogP contribution in [0.4, 0.5) is 5.69 Å². The smallest absolute Gasteiger partial charge is 0.0671 e. The Morgan fingerprint density at radius 2 is 2.11 bits per heavy atom. The van der Waals surface area contributed by atoms with Gasteiger partial charge >= 0.3 is 0 Å². The van der Waals surface area contributed by atoms with Crippen molar-refractivity contribution in [2.75, 3.05) is 18.5 Å². The Bertz CT molecular complexity index is 390. The van der Waals surface area contributed by atoms with Crippen LogP contribution in [-0.2, 0) is 11.2 Å². The molecule has 2 atom stereocenters. The van der Waals surface area contributed by atoms with Crippen molar-refractivity contribution in [2.45, 2.75) is 51.2 Å². The van der Waals surface area contributed by atoms with Gasteiger partial charge in [0.1, 0.15) is 0 Å². The normalized spacial score (nSPS) is 27.2. The monoisotopic (exact) mass is 263 g/mol. The average Bonchev–Trinajstić information content (AvgIpc) is 2.42. The predicted molar refractivity (Wildman–Crippen MR) is 78.5 cm³/mol. The van der Waals surface area contributed by atoms with Crippen LogP contribution in [0.15, 0.2) is 24.3 Å².